The van der Waals surface area contributed by atoms with Crippen LogP contribution in [0.5, 0.6) is 0 Å². The average molecular weight is 792 g/mol. The van der Waals surface area contributed by atoms with Crippen LogP contribution in [-0.4, -0.2) is 34.0 Å². The minimum Gasteiger partial charge on any atom is -0.487 e. The van der Waals surface area contributed by atoms with E-state index in [0.29, 0.717) is 6.42 Å². The van der Waals surface area contributed by atoms with Crippen LogP contribution in [0.2, 0.25) is 0 Å². The van der Waals surface area contributed by atoms with E-state index in [0.717, 1.165) is 45.8 Å². The molecule has 1 aliphatic carbocycles. The summed E-state index contributed by atoms with van der Waals surface area (Å²) in [5.41, 5.74) is 8.49. The summed E-state index contributed by atoms with van der Waals surface area (Å²) in [5.74, 6) is 3.21. The van der Waals surface area contributed by atoms with Gasteiger partial charge in [0.25, 0.3) is 0 Å². The molecular formula is C38H28N8Pt. The van der Waals surface area contributed by atoms with Gasteiger partial charge >= 0.3 is 21.1 Å². The van der Waals surface area contributed by atoms with Crippen LogP contribution in [0.1, 0.15) is 22.3 Å². The number of fused-ring (bicyclic) bond motifs is 5. The maximum absolute atomic E-state index is 4.67. The van der Waals surface area contributed by atoms with Crippen molar-refractivity contribution < 1.29 is 21.1 Å². The van der Waals surface area contributed by atoms with Crippen molar-refractivity contribution in [3.05, 3.63) is 157 Å². The molecule has 0 saturated heterocycles. The van der Waals surface area contributed by atoms with E-state index < -0.39 is 5.41 Å². The van der Waals surface area contributed by atoms with Gasteiger partial charge in [-0.25, -0.2) is 19.9 Å². The van der Waals surface area contributed by atoms with Crippen molar-refractivity contribution in [1.29, 1.82) is 0 Å². The van der Waals surface area contributed by atoms with Crippen molar-refractivity contribution in [2.75, 3.05) is 33.7 Å². The van der Waals surface area contributed by atoms with Crippen molar-refractivity contribution >= 4 is 34.6 Å². The molecule has 0 radical (unpaired) electrons. The predicted octanol–water partition coefficient (Wildman–Crippen LogP) is 6.84. The Balaban J connectivity index is 0.00000324. The summed E-state index contributed by atoms with van der Waals surface area (Å²) in [6.07, 6.45) is 7.59. The molecule has 0 unspecified atom stereocenters. The smallest absolute Gasteiger partial charge is 0.487 e. The van der Waals surface area contributed by atoms with Gasteiger partial charge in [0, 0.05) is 30.2 Å². The van der Waals surface area contributed by atoms with Crippen molar-refractivity contribution in [3.63, 3.8) is 0 Å². The van der Waals surface area contributed by atoms with E-state index in [1.165, 1.54) is 22.3 Å². The predicted molar refractivity (Wildman–Crippen MR) is 180 cm³/mol. The Morgan fingerprint density at radius 2 is 1.06 bits per heavy atom. The van der Waals surface area contributed by atoms with Gasteiger partial charge in [0.1, 0.15) is 23.3 Å². The zero-order chi connectivity index (χ0) is 30.8. The van der Waals surface area contributed by atoms with Gasteiger partial charge in [-0.2, -0.15) is 54.1 Å². The Labute approximate surface area is 288 Å². The fourth-order valence-electron chi connectivity index (χ4n) is 7.18. The van der Waals surface area contributed by atoms with E-state index in [1.54, 1.807) is 24.8 Å². The third-order valence-corrected chi connectivity index (χ3v) is 9.14. The number of rotatable bonds is 5. The van der Waals surface area contributed by atoms with Gasteiger partial charge < -0.3 is 19.6 Å². The summed E-state index contributed by atoms with van der Waals surface area (Å²) in [7, 11) is 3.98. The van der Waals surface area contributed by atoms with Crippen LogP contribution in [0.4, 0.5) is 34.6 Å². The fourth-order valence-corrected chi connectivity index (χ4v) is 7.18. The largest absolute Gasteiger partial charge is 4.00 e. The van der Waals surface area contributed by atoms with Gasteiger partial charge in [-0.1, -0.05) is 48.5 Å². The van der Waals surface area contributed by atoms with Gasteiger partial charge in [-0.3, -0.25) is 0 Å². The number of aromatic nitrogens is 4. The fraction of sp³-hybridized carbons (Fsp3) is 0.105. The third-order valence-electron chi connectivity index (χ3n) is 9.14. The van der Waals surface area contributed by atoms with E-state index in [9.17, 15) is 0 Å². The molecule has 0 amide bonds. The van der Waals surface area contributed by atoms with Crippen LogP contribution in [0.3, 0.4) is 0 Å². The Hall–Kier alpha value is -5.07. The van der Waals surface area contributed by atoms with Crippen LogP contribution < -0.4 is 19.6 Å². The van der Waals surface area contributed by atoms with Gasteiger partial charge in [-0.15, -0.1) is 30.3 Å². The number of anilines is 6. The van der Waals surface area contributed by atoms with Gasteiger partial charge in [-0.05, 0) is 42.8 Å². The van der Waals surface area contributed by atoms with Crippen LogP contribution in [0.25, 0.3) is 11.1 Å². The molecule has 0 saturated carbocycles. The van der Waals surface area contributed by atoms with Gasteiger partial charge in [0.15, 0.2) is 0 Å². The molecule has 0 N–H and O–H groups in total. The number of nitrogens with zero attached hydrogens (tertiary/aromatic N) is 8. The van der Waals surface area contributed by atoms with E-state index in [4.69, 9.17) is 0 Å². The molecule has 0 fully saturated rings. The van der Waals surface area contributed by atoms with Crippen LogP contribution in [0.15, 0.2) is 110 Å². The van der Waals surface area contributed by atoms with Crippen molar-refractivity contribution in [3.8, 4) is 11.1 Å². The summed E-state index contributed by atoms with van der Waals surface area (Å²) >= 11 is 0. The van der Waals surface area contributed by atoms with Crippen LogP contribution in [-0.2, 0) is 32.9 Å². The van der Waals surface area contributed by atoms with E-state index in [2.05, 4.69) is 127 Å². The SMILES string of the molecule is CN1[CH-]N(c2[c-]c(CC3(c4[c-]c(N5[CH-]N(C)c6nccnc65)ccc4)c4ccccc4-c4ccccc43)ccc2)c2nccnc21.[Pt+4]. The summed E-state index contributed by atoms with van der Waals surface area (Å²) in [6, 6.07) is 37.9. The molecule has 0 spiro atoms. The zero-order valence-corrected chi connectivity index (χ0v) is 27.9. The monoisotopic (exact) mass is 791 g/mol. The van der Waals surface area contributed by atoms with Crippen LogP contribution >= 0.6 is 0 Å². The minimum absolute atomic E-state index is 0. The van der Waals surface area contributed by atoms with Gasteiger partial charge in [0.2, 0.25) is 0 Å². The quantitative estimate of drug-likeness (QED) is 0.176. The van der Waals surface area contributed by atoms with E-state index in [-0.39, 0.29) is 21.1 Å². The van der Waals surface area contributed by atoms with Crippen molar-refractivity contribution in [2.45, 2.75) is 11.8 Å². The molecule has 8 nitrogen and oxygen atoms in total. The zero-order valence-electron chi connectivity index (χ0n) is 25.6. The van der Waals surface area contributed by atoms with Crippen molar-refractivity contribution in [1.82, 2.24) is 19.9 Å². The summed E-state index contributed by atoms with van der Waals surface area (Å²) in [5, 5.41) is 0. The molecule has 6 aromatic rings. The van der Waals surface area contributed by atoms with Crippen LogP contribution in [0, 0.1) is 25.5 Å². The first-order valence-electron chi connectivity index (χ1n) is 15.2. The molecule has 47 heavy (non-hydrogen) atoms. The third kappa shape index (κ3) is 4.46. The molecule has 4 heterocycles. The summed E-state index contributed by atoms with van der Waals surface area (Å²) in [6.45, 7) is 4.03. The number of hydrogen-bond donors (Lipinski definition) is 0. The molecule has 3 aliphatic rings. The second-order valence-corrected chi connectivity index (χ2v) is 11.8. The minimum atomic E-state index is -0.516. The molecule has 230 valence electrons. The normalized spacial score (nSPS) is 15.2. The maximum atomic E-state index is 4.67. The first-order valence-corrected chi connectivity index (χ1v) is 15.2. The number of hydrogen-bond acceptors (Lipinski definition) is 8. The molecule has 0 atom stereocenters. The number of benzene rings is 4. The molecule has 4 aromatic carbocycles. The first kappa shape index (κ1) is 29.3. The summed E-state index contributed by atoms with van der Waals surface area (Å²) < 4.78 is 0. The van der Waals surface area contributed by atoms with Crippen molar-refractivity contribution in [2.24, 2.45) is 0 Å². The second kappa shape index (κ2) is 11.3. The molecule has 0 bridgehead atoms. The molecule has 9 rings (SSSR count). The Morgan fingerprint density at radius 3 is 1.64 bits per heavy atom. The van der Waals surface area contributed by atoms with E-state index in [1.807, 2.05) is 37.2 Å². The van der Waals surface area contributed by atoms with Gasteiger partial charge in [0.05, 0.1) is 0 Å². The summed E-state index contributed by atoms with van der Waals surface area (Å²) in [4.78, 5) is 26.5. The maximum Gasteiger partial charge on any atom is 4.00 e. The molecular weight excluding hydrogens is 764 g/mol. The first-order chi connectivity index (χ1) is 22.6. The Kier molecular flexibility index (Phi) is 7.07. The molecule has 2 aromatic heterocycles. The average Bonchev–Trinajstić information content (AvgIpc) is 3.73. The van der Waals surface area contributed by atoms with E-state index >= 15 is 0 Å². The Morgan fingerprint density at radius 1 is 0.574 bits per heavy atom. The topological polar surface area (TPSA) is 64.5 Å². The molecule has 2 aliphatic heterocycles. The molecule has 9 heteroatoms. The second-order valence-electron chi connectivity index (χ2n) is 11.8. The standard InChI is InChI=1S/C38H28N8.Pt/c1-43-24-45(36-34(43)39-17-19-41-36)28-11-7-9-26(21-28)23-38(32-15-5-3-13-30(32)31-14-4-6-16-33(31)38)27-10-8-12-29(22-27)46-25-44(2)35-37(46)42-20-18-40-35;/h3-20,24-25H,23H2,1-2H3;/q-4;+4. The Bertz CT molecular complexity index is 2090.